The van der Waals surface area contributed by atoms with Gasteiger partial charge in [-0.05, 0) is 42.5 Å². The summed E-state index contributed by atoms with van der Waals surface area (Å²) in [6.45, 7) is 0. The Labute approximate surface area is 113 Å². The molecular formula is C12H13ClF3NS. The van der Waals surface area contributed by atoms with Crippen LogP contribution in [0.4, 0.5) is 18.9 Å². The lowest BCUT2D eigenvalue weighted by atomic mass is 10.1. The van der Waals surface area contributed by atoms with Gasteiger partial charge in [0.15, 0.2) is 0 Å². The van der Waals surface area contributed by atoms with Gasteiger partial charge in [0.1, 0.15) is 0 Å². The fraction of sp³-hybridized carbons (Fsp3) is 0.500. The Morgan fingerprint density at radius 2 is 1.89 bits per heavy atom. The molecule has 6 heteroatoms. The van der Waals surface area contributed by atoms with Crippen molar-refractivity contribution in [2.45, 2.75) is 25.1 Å². The third kappa shape index (κ3) is 3.48. The SMILES string of the molecule is FC(F)(F)c1cc(NC2CCSCC2)ccc1Cl. The van der Waals surface area contributed by atoms with E-state index in [4.69, 9.17) is 11.6 Å². The van der Waals surface area contributed by atoms with Crippen LogP contribution in [0.3, 0.4) is 0 Å². The van der Waals surface area contributed by atoms with Crippen LogP contribution in [0.15, 0.2) is 18.2 Å². The second-order valence-electron chi connectivity index (χ2n) is 4.22. The Hall–Kier alpha value is -0.550. The summed E-state index contributed by atoms with van der Waals surface area (Å²) in [5.74, 6) is 2.11. The van der Waals surface area contributed by atoms with Gasteiger partial charge in [0.2, 0.25) is 0 Å². The molecule has 0 atom stereocenters. The van der Waals surface area contributed by atoms with Gasteiger partial charge in [0.25, 0.3) is 0 Å². The summed E-state index contributed by atoms with van der Waals surface area (Å²) < 4.78 is 38.1. The van der Waals surface area contributed by atoms with E-state index in [1.807, 2.05) is 11.8 Å². The number of alkyl halides is 3. The minimum absolute atomic E-state index is 0.257. The molecule has 0 spiro atoms. The first-order valence-electron chi connectivity index (χ1n) is 5.68. The van der Waals surface area contributed by atoms with E-state index >= 15 is 0 Å². The maximum Gasteiger partial charge on any atom is 0.417 e. The zero-order valence-electron chi connectivity index (χ0n) is 9.56. The van der Waals surface area contributed by atoms with E-state index in [0.717, 1.165) is 30.4 Å². The first-order valence-corrected chi connectivity index (χ1v) is 7.21. The summed E-state index contributed by atoms with van der Waals surface area (Å²) in [6.07, 6.45) is -2.44. The monoisotopic (exact) mass is 295 g/mol. The van der Waals surface area contributed by atoms with Crippen molar-refractivity contribution in [3.63, 3.8) is 0 Å². The fourth-order valence-corrected chi connectivity index (χ4v) is 3.24. The van der Waals surface area contributed by atoms with Crippen molar-refractivity contribution in [2.24, 2.45) is 0 Å². The maximum absolute atomic E-state index is 12.7. The second-order valence-corrected chi connectivity index (χ2v) is 5.86. The lowest BCUT2D eigenvalue weighted by Gasteiger charge is -2.24. The Morgan fingerprint density at radius 1 is 1.22 bits per heavy atom. The molecule has 1 N–H and O–H groups in total. The van der Waals surface area contributed by atoms with Gasteiger partial charge in [-0.15, -0.1) is 0 Å². The topological polar surface area (TPSA) is 12.0 Å². The highest BCUT2D eigenvalue weighted by Gasteiger charge is 2.33. The normalized spacial score (nSPS) is 17.8. The minimum Gasteiger partial charge on any atom is -0.382 e. The molecule has 0 radical (unpaired) electrons. The van der Waals surface area contributed by atoms with Crippen molar-refractivity contribution in [3.05, 3.63) is 28.8 Å². The van der Waals surface area contributed by atoms with E-state index in [-0.39, 0.29) is 11.1 Å². The Bertz CT molecular complexity index is 416. The summed E-state index contributed by atoms with van der Waals surface area (Å²) >= 11 is 7.45. The summed E-state index contributed by atoms with van der Waals surface area (Å²) in [6, 6.07) is 4.24. The van der Waals surface area contributed by atoms with Gasteiger partial charge in [-0.3, -0.25) is 0 Å². The van der Waals surface area contributed by atoms with E-state index in [2.05, 4.69) is 5.32 Å². The van der Waals surface area contributed by atoms with Crippen LogP contribution in [0.5, 0.6) is 0 Å². The number of rotatable bonds is 2. The molecule has 1 heterocycles. The summed E-state index contributed by atoms with van der Waals surface area (Å²) in [5, 5.41) is 2.89. The number of hydrogen-bond acceptors (Lipinski definition) is 2. The van der Waals surface area contributed by atoms with Crippen molar-refractivity contribution >= 4 is 29.1 Å². The molecule has 0 saturated carbocycles. The third-order valence-electron chi connectivity index (χ3n) is 2.86. The quantitative estimate of drug-likeness (QED) is 0.851. The second kappa shape index (κ2) is 5.61. The van der Waals surface area contributed by atoms with Crippen molar-refractivity contribution in [1.82, 2.24) is 0 Å². The van der Waals surface area contributed by atoms with Crippen LogP contribution < -0.4 is 5.32 Å². The molecule has 18 heavy (non-hydrogen) atoms. The zero-order chi connectivity index (χ0) is 13.2. The van der Waals surface area contributed by atoms with Gasteiger partial charge in [-0.2, -0.15) is 24.9 Å². The molecule has 1 nitrogen and oxygen atoms in total. The van der Waals surface area contributed by atoms with Gasteiger partial charge in [-0.25, -0.2) is 0 Å². The third-order valence-corrected chi connectivity index (χ3v) is 4.24. The van der Waals surface area contributed by atoms with Crippen molar-refractivity contribution < 1.29 is 13.2 Å². The van der Waals surface area contributed by atoms with Crippen LogP contribution >= 0.6 is 23.4 Å². The average Bonchev–Trinajstić information content (AvgIpc) is 2.31. The van der Waals surface area contributed by atoms with E-state index in [0.29, 0.717) is 5.69 Å². The van der Waals surface area contributed by atoms with Crippen molar-refractivity contribution in [3.8, 4) is 0 Å². The van der Waals surface area contributed by atoms with E-state index in [1.165, 1.54) is 6.07 Å². The number of hydrogen-bond donors (Lipinski definition) is 1. The molecule has 0 bridgehead atoms. The van der Waals surface area contributed by atoms with Gasteiger partial charge in [-0.1, -0.05) is 11.6 Å². The van der Waals surface area contributed by atoms with E-state index in [9.17, 15) is 13.2 Å². The molecule has 0 amide bonds. The molecule has 1 aromatic carbocycles. The fourth-order valence-electron chi connectivity index (χ4n) is 1.91. The largest absolute Gasteiger partial charge is 0.417 e. The number of anilines is 1. The maximum atomic E-state index is 12.7. The lowest BCUT2D eigenvalue weighted by molar-refractivity contribution is -0.137. The summed E-state index contributed by atoms with van der Waals surface area (Å²) in [5.41, 5.74) is -0.289. The van der Waals surface area contributed by atoms with Crippen LogP contribution in [0.25, 0.3) is 0 Å². The average molecular weight is 296 g/mol. The van der Waals surface area contributed by atoms with E-state index < -0.39 is 11.7 Å². The molecule has 1 saturated heterocycles. The first-order chi connectivity index (χ1) is 8.47. The first kappa shape index (κ1) is 13.9. The highest BCUT2D eigenvalue weighted by atomic mass is 35.5. The molecule has 1 aromatic rings. The summed E-state index contributed by atoms with van der Waals surface area (Å²) in [7, 11) is 0. The standard InChI is InChI=1S/C12H13ClF3NS/c13-11-2-1-9(7-10(11)12(14,15)16)17-8-3-5-18-6-4-8/h1-2,7-8,17H,3-6H2. The number of thioether (sulfide) groups is 1. The Balaban J connectivity index is 2.14. The predicted molar refractivity (Wildman–Crippen MR) is 70.4 cm³/mol. The smallest absolute Gasteiger partial charge is 0.382 e. The molecule has 2 rings (SSSR count). The van der Waals surface area contributed by atoms with Gasteiger partial charge in [0.05, 0.1) is 10.6 Å². The van der Waals surface area contributed by atoms with Crippen LogP contribution in [0.2, 0.25) is 5.02 Å². The number of nitrogens with one attached hydrogen (secondary N) is 1. The molecule has 1 aliphatic rings. The Kier molecular flexibility index (Phi) is 4.33. The molecule has 0 unspecified atom stereocenters. The van der Waals surface area contributed by atoms with Gasteiger partial charge < -0.3 is 5.32 Å². The van der Waals surface area contributed by atoms with Crippen LogP contribution in [-0.4, -0.2) is 17.5 Å². The molecule has 1 aliphatic heterocycles. The van der Waals surface area contributed by atoms with E-state index in [1.54, 1.807) is 6.07 Å². The minimum atomic E-state index is -4.41. The molecular weight excluding hydrogens is 283 g/mol. The van der Waals surface area contributed by atoms with Crippen LogP contribution in [0, 0.1) is 0 Å². The van der Waals surface area contributed by atoms with Gasteiger partial charge >= 0.3 is 6.18 Å². The highest BCUT2D eigenvalue weighted by Crippen LogP contribution is 2.36. The molecule has 0 aromatic heterocycles. The van der Waals surface area contributed by atoms with Crippen LogP contribution in [0.1, 0.15) is 18.4 Å². The van der Waals surface area contributed by atoms with Gasteiger partial charge in [0, 0.05) is 11.7 Å². The summed E-state index contributed by atoms with van der Waals surface area (Å²) in [4.78, 5) is 0. The number of benzene rings is 1. The van der Waals surface area contributed by atoms with Crippen molar-refractivity contribution in [2.75, 3.05) is 16.8 Å². The highest BCUT2D eigenvalue weighted by molar-refractivity contribution is 7.99. The molecule has 100 valence electrons. The number of halogens is 4. The lowest BCUT2D eigenvalue weighted by Crippen LogP contribution is -2.24. The van der Waals surface area contributed by atoms with Crippen LogP contribution in [-0.2, 0) is 6.18 Å². The zero-order valence-corrected chi connectivity index (χ0v) is 11.1. The predicted octanol–water partition coefficient (Wildman–Crippen LogP) is 4.67. The van der Waals surface area contributed by atoms with Crippen molar-refractivity contribution in [1.29, 1.82) is 0 Å². The molecule has 1 fully saturated rings. The molecule has 0 aliphatic carbocycles. The Morgan fingerprint density at radius 3 is 2.50 bits per heavy atom.